The van der Waals surface area contributed by atoms with Gasteiger partial charge in [0.2, 0.25) is 0 Å². The smallest absolute Gasteiger partial charge is 0.0707 e. The van der Waals surface area contributed by atoms with Crippen LogP contribution >= 0.6 is 12.4 Å². The molecule has 12 heavy (non-hydrogen) atoms. The van der Waals surface area contributed by atoms with Crippen LogP contribution in [0.3, 0.4) is 0 Å². The Balaban J connectivity index is 0.000000720. The second-order valence-corrected chi connectivity index (χ2v) is 3.46. The summed E-state index contributed by atoms with van der Waals surface area (Å²) in [7, 11) is 0. The lowest BCUT2D eigenvalue weighted by Crippen LogP contribution is -2.42. The molecule has 2 atom stereocenters. The molecule has 0 N–H and O–H groups in total. The van der Waals surface area contributed by atoms with Gasteiger partial charge in [0.05, 0.1) is 12.2 Å². The summed E-state index contributed by atoms with van der Waals surface area (Å²) in [4.78, 5) is 2.43. The van der Waals surface area contributed by atoms with Crippen molar-refractivity contribution in [2.24, 2.45) is 0 Å². The highest BCUT2D eigenvalue weighted by Gasteiger charge is 2.32. The maximum Gasteiger partial charge on any atom is 0.0707 e. The van der Waals surface area contributed by atoms with E-state index < -0.39 is 0 Å². The van der Waals surface area contributed by atoms with Crippen molar-refractivity contribution in [2.45, 2.75) is 25.0 Å². The molecule has 2 aliphatic heterocycles. The molecule has 2 bridgehead atoms. The highest BCUT2D eigenvalue weighted by molar-refractivity contribution is 5.85. The van der Waals surface area contributed by atoms with Gasteiger partial charge in [0.25, 0.3) is 0 Å². The van der Waals surface area contributed by atoms with Crippen molar-refractivity contribution in [3.8, 4) is 0 Å². The fourth-order valence-electron chi connectivity index (χ4n) is 2.03. The predicted octanol–water partition coefficient (Wildman–Crippen LogP) is 1.46. The van der Waals surface area contributed by atoms with Crippen LogP contribution in [0.1, 0.15) is 12.8 Å². The van der Waals surface area contributed by atoms with Crippen molar-refractivity contribution in [2.75, 3.05) is 19.6 Å². The second-order valence-electron chi connectivity index (χ2n) is 3.46. The van der Waals surface area contributed by atoms with Crippen molar-refractivity contribution in [1.29, 1.82) is 0 Å². The standard InChI is InChI=1S/C9H15NO.ClH/c1-2-5-10-6-8-3-4-9(7-10)11-8;/h2,8-9H,1,3-7H2;1H. The number of morpholine rings is 1. The molecular weight excluding hydrogens is 174 g/mol. The van der Waals surface area contributed by atoms with E-state index in [1.54, 1.807) is 0 Å². The number of hydrogen-bond acceptors (Lipinski definition) is 2. The van der Waals surface area contributed by atoms with Crippen molar-refractivity contribution in [1.82, 2.24) is 4.90 Å². The number of ether oxygens (including phenoxy) is 1. The van der Waals surface area contributed by atoms with Gasteiger partial charge in [-0.2, -0.15) is 0 Å². The van der Waals surface area contributed by atoms with Gasteiger partial charge < -0.3 is 4.74 Å². The topological polar surface area (TPSA) is 12.5 Å². The van der Waals surface area contributed by atoms with Gasteiger partial charge in [-0.1, -0.05) is 6.08 Å². The summed E-state index contributed by atoms with van der Waals surface area (Å²) in [6.45, 7) is 6.99. The zero-order valence-electron chi connectivity index (χ0n) is 7.24. The van der Waals surface area contributed by atoms with E-state index in [2.05, 4.69) is 11.5 Å². The summed E-state index contributed by atoms with van der Waals surface area (Å²) in [5.41, 5.74) is 0. The minimum atomic E-state index is 0. The monoisotopic (exact) mass is 189 g/mol. The Kier molecular flexibility index (Phi) is 3.56. The molecule has 0 aliphatic carbocycles. The van der Waals surface area contributed by atoms with E-state index in [-0.39, 0.29) is 12.4 Å². The molecule has 0 spiro atoms. The number of hydrogen-bond donors (Lipinski definition) is 0. The van der Waals surface area contributed by atoms with Crippen LogP contribution in [-0.4, -0.2) is 36.7 Å². The first kappa shape index (κ1) is 10.0. The van der Waals surface area contributed by atoms with Crippen LogP contribution in [0.2, 0.25) is 0 Å². The molecule has 70 valence electrons. The molecule has 2 aliphatic rings. The maximum atomic E-state index is 5.70. The Morgan fingerprint density at radius 2 is 1.92 bits per heavy atom. The van der Waals surface area contributed by atoms with Crippen molar-refractivity contribution in [3.63, 3.8) is 0 Å². The average Bonchev–Trinajstić information content (AvgIpc) is 2.32. The lowest BCUT2D eigenvalue weighted by molar-refractivity contribution is -0.0343. The van der Waals surface area contributed by atoms with Crippen LogP contribution < -0.4 is 0 Å². The third-order valence-corrected chi connectivity index (χ3v) is 2.51. The number of likely N-dealkylation sites (tertiary alicyclic amines) is 1. The number of nitrogens with zero attached hydrogens (tertiary/aromatic N) is 1. The van der Waals surface area contributed by atoms with E-state index >= 15 is 0 Å². The van der Waals surface area contributed by atoms with Crippen molar-refractivity contribution >= 4 is 12.4 Å². The fraction of sp³-hybridized carbons (Fsp3) is 0.778. The SMILES string of the molecule is C=CCN1CC2CCC(C1)O2.Cl. The molecule has 0 aromatic heterocycles. The fourth-order valence-corrected chi connectivity index (χ4v) is 2.03. The molecule has 2 unspecified atom stereocenters. The molecule has 0 amide bonds. The zero-order chi connectivity index (χ0) is 7.68. The summed E-state index contributed by atoms with van der Waals surface area (Å²) >= 11 is 0. The van der Waals surface area contributed by atoms with Gasteiger partial charge in [-0.3, -0.25) is 4.90 Å². The average molecular weight is 190 g/mol. The quantitative estimate of drug-likeness (QED) is 0.610. The van der Waals surface area contributed by atoms with E-state index in [0.717, 1.165) is 19.6 Å². The van der Waals surface area contributed by atoms with Gasteiger partial charge in [-0.25, -0.2) is 0 Å². The van der Waals surface area contributed by atoms with Crippen molar-refractivity contribution in [3.05, 3.63) is 12.7 Å². The van der Waals surface area contributed by atoms with E-state index in [4.69, 9.17) is 4.74 Å². The van der Waals surface area contributed by atoms with Crippen LogP contribution in [-0.2, 0) is 4.74 Å². The molecule has 2 fully saturated rings. The van der Waals surface area contributed by atoms with Gasteiger partial charge in [0.1, 0.15) is 0 Å². The molecule has 2 heterocycles. The lowest BCUT2D eigenvalue weighted by Gasteiger charge is -2.30. The van der Waals surface area contributed by atoms with Gasteiger partial charge in [-0.05, 0) is 12.8 Å². The van der Waals surface area contributed by atoms with Gasteiger partial charge in [0.15, 0.2) is 0 Å². The maximum absolute atomic E-state index is 5.70. The molecule has 3 heteroatoms. The predicted molar refractivity (Wildman–Crippen MR) is 51.8 cm³/mol. The minimum Gasteiger partial charge on any atom is -0.372 e. The van der Waals surface area contributed by atoms with E-state index in [1.165, 1.54) is 12.8 Å². The molecule has 2 saturated heterocycles. The molecule has 0 aromatic rings. The van der Waals surface area contributed by atoms with Crippen LogP contribution in [0, 0.1) is 0 Å². The highest BCUT2D eigenvalue weighted by atomic mass is 35.5. The molecule has 2 nitrogen and oxygen atoms in total. The Morgan fingerprint density at radius 1 is 1.33 bits per heavy atom. The zero-order valence-corrected chi connectivity index (χ0v) is 8.05. The van der Waals surface area contributed by atoms with E-state index in [1.807, 2.05) is 6.08 Å². The second kappa shape index (κ2) is 4.26. The third-order valence-electron chi connectivity index (χ3n) is 2.51. The summed E-state index contributed by atoms with van der Waals surface area (Å²) in [6.07, 6.45) is 5.55. The Labute approximate surface area is 80.0 Å². The van der Waals surface area contributed by atoms with Crippen molar-refractivity contribution < 1.29 is 4.74 Å². The molecule has 0 saturated carbocycles. The summed E-state index contributed by atoms with van der Waals surface area (Å²) in [6, 6.07) is 0. The third kappa shape index (κ3) is 2.00. The van der Waals surface area contributed by atoms with E-state index in [9.17, 15) is 0 Å². The molecule has 0 aromatic carbocycles. The minimum absolute atomic E-state index is 0. The summed E-state index contributed by atoms with van der Waals surface area (Å²) in [5.74, 6) is 0. The van der Waals surface area contributed by atoms with Gasteiger partial charge >= 0.3 is 0 Å². The first-order valence-corrected chi connectivity index (χ1v) is 4.37. The molecule has 2 rings (SSSR count). The number of fused-ring (bicyclic) bond motifs is 2. The Morgan fingerprint density at radius 3 is 2.42 bits per heavy atom. The number of halogens is 1. The first-order chi connectivity index (χ1) is 5.38. The lowest BCUT2D eigenvalue weighted by atomic mass is 10.2. The highest BCUT2D eigenvalue weighted by Crippen LogP contribution is 2.25. The largest absolute Gasteiger partial charge is 0.372 e. The van der Waals surface area contributed by atoms with Gasteiger partial charge in [0, 0.05) is 19.6 Å². The summed E-state index contributed by atoms with van der Waals surface area (Å²) in [5, 5.41) is 0. The first-order valence-electron chi connectivity index (χ1n) is 4.37. The Hall–Kier alpha value is -0.0500. The normalized spacial score (nSPS) is 34.3. The van der Waals surface area contributed by atoms with Crippen LogP contribution in [0.5, 0.6) is 0 Å². The van der Waals surface area contributed by atoms with Crippen LogP contribution in [0.15, 0.2) is 12.7 Å². The van der Waals surface area contributed by atoms with Crippen LogP contribution in [0.25, 0.3) is 0 Å². The Bertz CT molecular complexity index is 151. The molecule has 0 radical (unpaired) electrons. The van der Waals surface area contributed by atoms with Crippen LogP contribution in [0.4, 0.5) is 0 Å². The van der Waals surface area contributed by atoms with E-state index in [0.29, 0.717) is 12.2 Å². The summed E-state index contributed by atoms with van der Waals surface area (Å²) < 4.78 is 5.70. The molecular formula is C9H16ClNO. The van der Waals surface area contributed by atoms with Gasteiger partial charge in [-0.15, -0.1) is 19.0 Å². The number of rotatable bonds is 2.